The third-order valence-electron chi connectivity index (χ3n) is 5.96. The molecular weight excluding hydrogens is 717 g/mol. The molecule has 264 valence electrons. The lowest BCUT2D eigenvalue weighted by Gasteiger charge is -2.19. The zero-order valence-electron chi connectivity index (χ0n) is 24.3. The summed E-state index contributed by atoms with van der Waals surface area (Å²) in [5.74, 6) is -0.0876. The van der Waals surface area contributed by atoms with Crippen molar-refractivity contribution in [3.8, 4) is 0 Å². The number of nitrogens with two attached hydrogens (primary N) is 1. The number of benzene rings is 1. The number of nitrogens with zero attached hydrogens (tertiary/aromatic N) is 4. The standard InChI is InChI=1S/C15H22N6O5S.C7H8O3S.H2O7S2/c1-27-3-2-7(15(24)25)17-4-8-10(22)11(23)14(26-8)21-6-20-9-12(16)18-5-19-13(9)21;1-6-2-4-7(5-3-6)11(8,9)10;1-8(2,3)7-9(4,5)6/h5-8,10-11,14,17,22-23H,2-4H2,1H3,(H,24,25)(H2,16,18,19);2-5H,1H3,(H,8,9,10);(H,1,2,3)(H,4,5,6)/t7?,8-,10-,11-,14-;;/m1../s1. The van der Waals surface area contributed by atoms with E-state index in [9.17, 15) is 45.4 Å². The van der Waals surface area contributed by atoms with Gasteiger partial charge in [0.05, 0.1) is 11.2 Å². The zero-order chi connectivity index (χ0) is 35.7. The fourth-order valence-corrected chi connectivity index (χ4v) is 5.63. The van der Waals surface area contributed by atoms with Crippen molar-refractivity contribution < 1.29 is 67.4 Å². The Morgan fingerprint density at radius 2 is 1.64 bits per heavy atom. The molecule has 4 rings (SSSR count). The topological polar surface area (TPSA) is 341 Å². The molecule has 47 heavy (non-hydrogen) atoms. The van der Waals surface area contributed by atoms with Crippen LogP contribution in [0.15, 0.2) is 41.8 Å². The van der Waals surface area contributed by atoms with Crippen LogP contribution < -0.4 is 11.1 Å². The number of aryl methyl sites for hydroxylation is 1. The maximum absolute atomic E-state index is 11.3. The number of carboxylic acid groups (broad SMARTS) is 1. The number of aliphatic hydroxyl groups is 2. The second-order valence-electron chi connectivity index (χ2n) is 9.42. The fourth-order valence-electron chi connectivity index (χ4n) is 3.81. The fraction of sp³-hybridized carbons (Fsp3) is 0.455. The maximum Gasteiger partial charge on any atom is 0.413 e. The number of hydrogen-bond acceptors (Lipinski definition) is 17. The summed E-state index contributed by atoms with van der Waals surface area (Å²) >= 11 is 1.55. The molecule has 21 nitrogen and oxygen atoms in total. The number of anilines is 1. The van der Waals surface area contributed by atoms with Crippen LogP contribution in [0.25, 0.3) is 11.2 Å². The molecule has 1 saturated heterocycles. The third-order valence-corrected chi connectivity index (χ3v) is 8.85. The van der Waals surface area contributed by atoms with E-state index in [0.717, 1.165) is 5.56 Å². The number of carbonyl (C=O) groups is 1. The summed E-state index contributed by atoms with van der Waals surface area (Å²) in [5.41, 5.74) is 7.45. The van der Waals surface area contributed by atoms with Crippen molar-refractivity contribution in [3.05, 3.63) is 42.5 Å². The van der Waals surface area contributed by atoms with Gasteiger partial charge in [0.2, 0.25) is 0 Å². The summed E-state index contributed by atoms with van der Waals surface area (Å²) in [7, 11) is -14.3. The van der Waals surface area contributed by atoms with Gasteiger partial charge in [0.1, 0.15) is 36.2 Å². The minimum absolute atomic E-state index is 0.0666. The Morgan fingerprint density at radius 3 is 2.13 bits per heavy atom. The van der Waals surface area contributed by atoms with Gasteiger partial charge in [-0.25, -0.2) is 15.0 Å². The molecule has 0 saturated carbocycles. The van der Waals surface area contributed by atoms with Crippen LogP contribution >= 0.6 is 11.8 Å². The van der Waals surface area contributed by atoms with Crippen LogP contribution in [0.1, 0.15) is 18.2 Å². The average molecular weight is 749 g/mol. The number of imidazole rings is 1. The molecular formula is C22H32N6O15S4. The van der Waals surface area contributed by atoms with Gasteiger partial charge in [0, 0.05) is 6.54 Å². The molecule has 5 atom stereocenters. The number of aromatic nitrogens is 4. The highest BCUT2D eigenvalue weighted by molar-refractivity contribution is 7.98. The van der Waals surface area contributed by atoms with Gasteiger partial charge in [-0.1, -0.05) is 17.7 Å². The van der Waals surface area contributed by atoms with E-state index in [4.69, 9.17) is 24.1 Å². The number of ether oxygens (including phenoxy) is 1. The lowest BCUT2D eigenvalue weighted by Crippen LogP contribution is -2.44. The highest BCUT2D eigenvalue weighted by Crippen LogP contribution is 2.31. The lowest BCUT2D eigenvalue weighted by atomic mass is 10.1. The van der Waals surface area contributed by atoms with Gasteiger partial charge < -0.3 is 31.1 Å². The van der Waals surface area contributed by atoms with Gasteiger partial charge in [0.15, 0.2) is 17.7 Å². The summed E-state index contributed by atoms with van der Waals surface area (Å²) in [6.45, 7) is 1.91. The Kier molecular flexibility index (Phi) is 14.4. The Balaban J connectivity index is 0.000000315. The van der Waals surface area contributed by atoms with Crippen molar-refractivity contribution >= 4 is 65.6 Å². The summed E-state index contributed by atoms with van der Waals surface area (Å²) in [4.78, 5) is 23.3. The number of thioether (sulfide) groups is 1. The van der Waals surface area contributed by atoms with Gasteiger partial charge >= 0.3 is 26.8 Å². The summed E-state index contributed by atoms with van der Waals surface area (Å²) in [5, 5.41) is 32.9. The maximum atomic E-state index is 11.3. The second kappa shape index (κ2) is 16.8. The monoisotopic (exact) mass is 748 g/mol. The van der Waals surface area contributed by atoms with Crippen LogP contribution in [0.2, 0.25) is 0 Å². The van der Waals surface area contributed by atoms with Crippen LogP contribution in [0, 0.1) is 6.92 Å². The Morgan fingerprint density at radius 1 is 1.04 bits per heavy atom. The molecule has 1 aromatic carbocycles. The first-order valence-corrected chi connectivity index (χ1v) is 18.3. The minimum Gasteiger partial charge on any atom is -0.480 e. The molecule has 1 unspecified atom stereocenters. The van der Waals surface area contributed by atoms with E-state index in [0.29, 0.717) is 23.3 Å². The molecule has 1 aliphatic rings. The van der Waals surface area contributed by atoms with Crippen LogP contribution in [-0.4, -0.2) is 123 Å². The normalized spacial score (nSPS) is 20.5. The number of aliphatic hydroxyl groups excluding tert-OH is 2. The number of hydrogen-bond donors (Lipinski definition) is 8. The molecule has 3 heterocycles. The number of nitrogens with one attached hydrogen (secondary N) is 1. The van der Waals surface area contributed by atoms with E-state index < -0.39 is 67.5 Å². The van der Waals surface area contributed by atoms with Crippen LogP contribution in [0.4, 0.5) is 5.82 Å². The molecule has 2 aromatic heterocycles. The van der Waals surface area contributed by atoms with Crippen molar-refractivity contribution in [2.45, 2.75) is 48.8 Å². The van der Waals surface area contributed by atoms with Crippen molar-refractivity contribution in [1.29, 1.82) is 0 Å². The van der Waals surface area contributed by atoms with Crippen molar-refractivity contribution in [3.63, 3.8) is 0 Å². The predicted octanol–water partition coefficient (Wildman–Crippen LogP) is -1.33. The Hall–Kier alpha value is -3.08. The van der Waals surface area contributed by atoms with Crippen molar-refractivity contribution in [1.82, 2.24) is 24.8 Å². The van der Waals surface area contributed by atoms with E-state index in [2.05, 4.69) is 23.9 Å². The second-order valence-corrected chi connectivity index (χ2v) is 14.1. The molecule has 1 fully saturated rings. The molecule has 0 bridgehead atoms. The number of carboxylic acids is 1. The molecule has 0 spiro atoms. The summed E-state index contributed by atoms with van der Waals surface area (Å²) in [6.07, 6.45) is 0.858. The van der Waals surface area contributed by atoms with Crippen molar-refractivity contribution in [2.24, 2.45) is 0 Å². The predicted molar refractivity (Wildman–Crippen MR) is 163 cm³/mol. The minimum atomic E-state index is -5.12. The van der Waals surface area contributed by atoms with Crippen LogP contribution in [0.3, 0.4) is 0 Å². The molecule has 0 radical (unpaired) electrons. The quantitative estimate of drug-likeness (QED) is 0.105. The highest BCUT2D eigenvalue weighted by Gasteiger charge is 2.44. The van der Waals surface area contributed by atoms with Gasteiger partial charge in [-0.05, 0) is 37.5 Å². The number of aliphatic carboxylic acids is 1. The number of rotatable bonds is 11. The first-order valence-electron chi connectivity index (χ1n) is 12.7. The number of nitrogen functional groups attached to an aromatic ring is 1. The van der Waals surface area contributed by atoms with Crippen LogP contribution in [-0.2, 0) is 44.1 Å². The number of fused-ring (bicyclic) bond motifs is 1. The van der Waals surface area contributed by atoms with Gasteiger partial charge in [-0.2, -0.15) is 37.0 Å². The van der Waals surface area contributed by atoms with E-state index >= 15 is 0 Å². The third kappa shape index (κ3) is 12.8. The van der Waals surface area contributed by atoms with Crippen molar-refractivity contribution in [2.75, 3.05) is 24.3 Å². The first kappa shape index (κ1) is 40.1. The Bertz CT molecular complexity index is 1790. The average Bonchev–Trinajstić information content (AvgIpc) is 3.48. The van der Waals surface area contributed by atoms with Gasteiger partial charge in [-0.3, -0.25) is 23.0 Å². The first-order chi connectivity index (χ1) is 21.6. The smallest absolute Gasteiger partial charge is 0.413 e. The lowest BCUT2D eigenvalue weighted by molar-refractivity contribution is -0.139. The van der Waals surface area contributed by atoms with E-state index in [1.54, 1.807) is 23.9 Å². The molecule has 9 N–H and O–H groups in total. The van der Waals surface area contributed by atoms with E-state index in [1.807, 2.05) is 13.2 Å². The van der Waals surface area contributed by atoms with Crippen LogP contribution in [0.5, 0.6) is 0 Å². The van der Waals surface area contributed by atoms with Gasteiger partial charge in [-0.15, -0.1) is 3.63 Å². The van der Waals surface area contributed by atoms with E-state index in [1.165, 1.54) is 29.4 Å². The SMILES string of the molecule is CSCCC(NC[C@H]1O[C@@H](n2cnc3c(N)ncnc32)[C@H](O)[C@@H]1O)C(=O)O.Cc1ccc(S(=O)(=O)O)cc1.O=S(=O)(O)OS(=O)(=O)O. The highest BCUT2D eigenvalue weighted by atomic mass is 32.3. The Labute approximate surface area is 272 Å². The zero-order valence-corrected chi connectivity index (χ0v) is 27.6. The molecule has 0 amide bonds. The molecule has 0 aliphatic carbocycles. The molecule has 3 aromatic rings. The molecule has 1 aliphatic heterocycles. The summed E-state index contributed by atoms with van der Waals surface area (Å²) < 4.78 is 92.4. The summed E-state index contributed by atoms with van der Waals surface area (Å²) in [6, 6.07) is 5.23. The largest absolute Gasteiger partial charge is 0.480 e. The molecule has 25 heteroatoms. The van der Waals surface area contributed by atoms with Gasteiger partial charge in [0.25, 0.3) is 10.1 Å². The van der Waals surface area contributed by atoms with E-state index in [-0.39, 0.29) is 17.3 Å².